The summed E-state index contributed by atoms with van der Waals surface area (Å²) < 4.78 is 7.46. The van der Waals surface area contributed by atoms with Crippen LogP contribution < -0.4 is 15.6 Å². The van der Waals surface area contributed by atoms with Gasteiger partial charge in [-0.15, -0.1) is 0 Å². The third-order valence-electron chi connectivity index (χ3n) is 7.47. The first-order valence-electron chi connectivity index (χ1n) is 13.8. The molecule has 1 saturated carbocycles. The number of nitrogens with one attached hydrogen (secondary N) is 1. The fraction of sp³-hybridized carbons (Fsp3) is 0.212. The van der Waals surface area contributed by atoms with E-state index in [4.69, 9.17) is 26.4 Å². The van der Waals surface area contributed by atoms with E-state index in [1.54, 1.807) is 36.5 Å². The summed E-state index contributed by atoms with van der Waals surface area (Å²) in [6, 6.07) is 25.9. The zero-order chi connectivity index (χ0) is 28.2. The first-order valence-corrected chi connectivity index (χ1v) is 14.2. The molecule has 0 unspecified atom stereocenters. The number of amides is 1. The van der Waals surface area contributed by atoms with E-state index in [0.29, 0.717) is 38.8 Å². The Morgan fingerprint density at radius 1 is 0.951 bits per heavy atom. The van der Waals surface area contributed by atoms with Crippen LogP contribution in [0.3, 0.4) is 0 Å². The summed E-state index contributed by atoms with van der Waals surface area (Å²) in [5.74, 6) is 1.03. The molecular formula is C33H29ClN4O3. The number of benzene rings is 4. The van der Waals surface area contributed by atoms with Gasteiger partial charge in [0.05, 0.1) is 17.1 Å². The van der Waals surface area contributed by atoms with E-state index in [9.17, 15) is 9.59 Å². The first kappa shape index (κ1) is 26.7. The normalized spacial score (nSPS) is 14.1. The SMILES string of the molecule is O=C(COc1ccc2ccccc2c1C=Nn1c(C2CCCCC2)nc2ccccc2c1=O)Nc1ccc(Cl)cc1. The van der Waals surface area contributed by atoms with Crippen LogP contribution in [0.25, 0.3) is 21.7 Å². The second-order valence-corrected chi connectivity index (χ2v) is 10.7. The number of ether oxygens (including phenoxy) is 1. The predicted molar refractivity (Wildman–Crippen MR) is 164 cm³/mol. The standard InChI is InChI=1S/C33H29ClN4O3/c34-24-15-17-25(18-16-24)36-31(39)21-41-30-19-14-22-8-4-5-11-26(22)28(30)20-35-38-32(23-9-2-1-3-10-23)37-29-13-7-6-12-27(29)33(38)40/h4-8,11-20,23H,1-3,9-10,21H2,(H,36,39). The molecule has 0 saturated heterocycles. The molecule has 0 spiro atoms. The molecule has 0 bridgehead atoms. The maximum atomic E-state index is 13.7. The lowest BCUT2D eigenvalue weighted by atomic mass is 9.88. The van der Waals surface area contributed by atoms with E-state index in [1.165, 1.54) is 11.1 Å². The summed E-state index contributed by atoms with van der Waals surface area (Å²) in [5, 5.41) is 10.6. The van der Waals surface area contributed by atoms with Crippen LogP contribution in [0.1, 0.15) is 49.4 Å². The van der Waals surface area contributed by atoms with E-state index in [2.05, 4.69) is 5.32 Å². The Labute approximate surface area is 242 Å². The molecule has 0 atom stereocenters. The topological polar surface area (TPSA) is 85.6 Å². The van der Waals surface area contributed by atoms with Crippen LogP contribution in [-0.4, -0.2) is 28.4 Å². The van der Waals surface area contributed by atoms with Gasteiger partial charge in [0.15, 0.2) is 6.61 Å². The smallest absolute Gasteiger partial charge is 0.282 e. The number of halogens is 1. The Balaban J connectivity index is 1.37. The molecule has 5 aromatic rings. The number of para-hydroxylation sites is 1. The van der Waals surface area contributed by atoms with Gasteiger partial charge < -0.3 is 10.1 Å². The van der Waals surface area contributed by atoms with Crippen molar-refractivity contribution in [1.29, 1.82) is 0 Å². The fourth-order valence-corrected chi connectivity index (χ4v) is 5.53. The van der Waals surface area contributed by atoms with Crippen molar-refractivity contribution in [3.63, 3.8) is 0 Å². The monoisotopic (exact) mass is 564 g/mol. The predicted octanol–water partition coefficient (Wildman–Crippen LogP) is 7.15. The number of fused-ring (bicyclic) bond motifs is 2. The maximum absolute atomic E-state index is 13.7. The van der Waals surface area contributed by atoms with Crippen LogP contribution in [-0.2, 0) is 4.79 Å². The van der Waals surface area contributed by atoms with Gasteiger partial charge >= 0.3 is 0 Å². The van der Waals surface area contributed by atoms with Gasteiger partial charge in [-0.05, 0) is 66.1 Å². The molecule has 1 amide bonds. The van der Waals surface area contributed by atoms with Crippen molar-refractivity contribution in [2.75, 3.05) is 11.9 Å². The molecule has 206 valence electrons. The lowest BCUT2D eigenvalue weighted by molar-refractivity contribution is -0.118. The van der Waals surface area contributed by atoms with Crippen molar-refractivity contribution in [1.82, 2.24) is 9.66 Å². The third-order valence-corrected chi connectivity index (χ3v) is 7.72. The molecule has 8 heteroatoms. The quantitative estimate of drug-likeness (QED) is 0.213. The van der Waals surface area contributed by atoms with Crippen LogP contribution in [0, 0.1) is 0 Å². The first-order chi connectivity index (χ1) is 20.1. The average Bonchev–Trinajstić information content (AvgIpc) is 3.01. The van der Waals surface area contributed by atoms with E-state index in [0.717, 1.165) is 36.5 Å². The van der Waals surface area contributed by atoms with Crippen LogP contribution >= 0.6 is 11.6 Å². The molecule has 0 radical (unpaired) electrons. The lowest BCUT2D eigenvalue weighted by Crippen LogP contribution is -2.25. The number of carbonyl (C=O) groups is 1. The van der Waals surface area contributed by atoms with Gasteiger partial charge in [0, 0.05) is 22.2 Å². The minimum atomic E-state index is -0.307. The summed E-state index contributed by atoms with van der Waals surface area (Å²) in [7, 11) is 0. The van der Waals surface area contributed by atoms with Gasteiger partial charge in [-0.3, -0.25) is 9.59 Å². The van der Waals surface area contributed by atoms with Crippen LogP contribution in [0.15, 0.2) is 94.8 Å². The molecule has 1 fully saturated rings. The summed E-state index contributed by atoms with van der Waals surface area (Å²) in [6.07, 6.45) is 7.02. The Hall–Kier alpha value is -4.49. The highest BCUT2D eigenvalue weighted by molar-refractivity contribution is 6.30. The molecular weight excluding hydrogens is 536 g/mol. The zero-order valence-electron chi connectivity index (χ0n) is 22.4. The number of rotatable bonds is 7. The number of nitrogens with zero attached hydrogens (tertiary/aromatic N) is 3. The second kappa shape index (κ2) is 11.9. The van der Waals surface area contributed by atoms with Crippen molar-refractivity contribution in [2.45, 2.75) is 38.0 Å². The molecule has 1 N–H and O–H groups in total. The van der Waals surface area contributed by atoms with Gasteiger partial charge in [-0.25, -0.2) is 4.98 Å². The molecule has 1 aliphatic carbocycles. The lowest BCUT2D eigenvalue weighted by Gasteiger charge is -2.22. The molecule has 1 heterocycles. The Kier molecular flexibility index (Phi) is 7.78. The number of aromatic nitrogens is 2. The minimum Gasteiger partial charge on any atom is -0.483 e. The zero-order valence-corrected chi connectivity index (χ0v) is 23.2. The number of hydrogen-bond donors (Lipinski definition) is 1. The minimum absolute atomic E-state index is 0.165. The molecule has 1 aliphatic rings. The van der Waals surface area contributed by atoms with Gasteiger partial charge in [0.2, 0.25) is 0 Å². The highest BCUT2D eigenvalue weighted by Crippen LogP contribution is 2.32. The van der Waals surface area contributed by atoms with E-state index in [1.807, 2.05) is 54.6 Å². The van der Waals surface area contributed by atoms with Crippen LogP contribution in [0.4, 0.5) is 5.69 Å². The molecule has 6 rings (SSSR count). The van der Waals surface area contributed by atoms with Crippen molar-refractivity contribution in [2.24, 2.45) is 5.10 Å². The largest absolute Gasteiger partial charge is 0.483 e. The Bertz CT molecular complexity index is 1810. The average molecular weight is 565 g/mol. The third kappa shape index (κ3) is 5.86. The molecule has 0 aliphatic heterocycles. The molecule has 7 nitrogen and oxygen atoms in total. The molecule has 41 heavy (non-hydrogen) atoms. The fourth-order valence-electron chi connectivity index (χ4n) is 5.40. The summed E-state index contributed by atoms with van der Waals surface area (Å²) in [5.41, 5.74) is 1.79. The summed E-state index contributed by atoms with van der Waals surface area (Å²) in [6.45, 7) is -0.202. The summed E-state index contributed by atoms with van der Waals surface area (Å²) >= 11 is 5.95. The van der Waals surface area contributed by atoms with Crippen molar-refractivity contribution in [3.8, 4) is 5.75 Å². The van der Waals surface area contributed by atoms with E-state index in [-0.39, 0.29) is 24.0 Å². The number of hydrogen-bond acceptors (Lipinski definition) is 5. The number of anilines is 1. The highest BCUT2D eigenvalue weighted by Gasteiger charge is 2.22. The van der Waals surface area contributed by atoms with Crippen LogP contribution in [0.5, 0.6) is 5.75 Å². The summed E-state index contributed by atoms with van der Waals surface area (Å²) in [4.78, 5) is 31.3. The second-order valence-electron chi connectivity index (χ2n) is 10.2. The number of carbonyl (C=O) groups excluding carboxylic acids is 1. The van der Waals surface area contributed by atoms with Gasteiger partial charge in [0.25, 0.3) is 11.5 Å². The van der Waals surface area contributed by atoms with Crippen molar-refractivity contribution >= 4 is 51.1 Å². The Morgan fingerprint density at radius 2 is 1.68 bits per heavy atom. The van der Waals surface area contributed by atoms with E-state index >= 15 is 0 Å². The van der Waals surface area contributed by atoms with E-state index < -0.39 is 0 Å². The maximum Gasteiger partial charge on any atom is 0.282 e. The van der Waals surface area contributed by atoms with Crippen molar-refractivity contribution < 1.29 is 9.53 Å². The molecule has 4 aromatic carbocycles. The van der Waals surface area contributed by atoms with Gasteiger partial charge in [-0.2, -0.15) is 9.78 Å². The Morgan fingerprint density at radius 3 is 2.49 bits per heavy atom. The van der Waals surface area contributed by atoms with Gasteiger partial charge in [0.1, 0.15) is 11.6 Å². The van der Waals surface area contributed by atoms with Crippen LogP contribution in [0.2, 0.25) is 5.02 Å². The molecule has 1 aromatic heterocycles. The highest BCUT2D eigenvalue weighted by atomic mass is 35.5. The van der Waals surface area contributed by atoms with Gasteiger partial charge in [-0.1, -0.05) is 73.3 Å². The van der Waals surface area contributed by atoms with Crippen molar-refractivity contribution in [3.05, 3.63) is 112 Å².